The van der Waals surface area contributed by atoms with E-state index in [-0.39, 0.29) is 15.7 Å². The summed E-state index contributed by atoms with van der Waals surface area (Å²) in [5.74, 6) is -0.975. The Balaban J connectivity index is 2.28. The lowest BCUT2D eigenvalue weighted by Crippen LogP contribution is -2.12. The average Bonchev–Trinajstić information content (AvgIpc) is 2.42. The van der Waals surface area contributed by atoms with E-state index in [2.05, 4.69) is 37.2 Å². The monoisotopic (exact) mass is 416 g/mol. The minimum absolute atomic E-state index is 0.126. The molecule has 8 heteroatoms. The first-order valence-electron chi connectivity index (χ1n) is 5.59. The molecule has 0 saturated carbocycles. The van der Waals surface area contributed by atoms with Gasteiger partial charge in [0.15, 0.2) is 0 Å². The number of carbonyl (C=O) groups excluding carboxylic acids is 1. The van der Waals surface area contributed by atoms with E-state index in [0.717, 1.165) is 6.07 Å². The van der Waals surface area contributed by atoms with Crippen LogP contribution in [-0.2, 0) is 0 Å². The summed E-state index contributed by atoms with van der Waals surface area (Å²) in [5, 5.41) is 13.4. The van der Waals surface area contributed by atoms with Gasteiger partial charge in [0.2, 0.25) is 0 Å². The van der Waals surface area contributed by atoms with Gasteiger partial charge in [-0.25, -0.2) is 4.39 Å². The normalized spacial score (nSPS) is 10.2. The Bertz CT molecular complexity index is 737. The number of carbonyl (C=O) groups is 1. The summed E-state index contributed by atoms with van der Waals surface area (Å²) in [6.07, 6.45) is 0. The lowest BCUT2D eigenvalue weighted by Gasteiger charge is -2.07. The van der Waals surface area contributed by atoms with Crippen molar-refractivity contribution in [2.45, 2.75) is 0 Å². The molecule has 0 bridgehead atoms. The van der Waals surface area contributed by atoms with Crippen molar-refractivity contribution in [2.75, 3.05) is 5.32 Å². The highest BCUT2D eigenvalue weighted by atomic mass is 79.9. The van der Waals surface area contributed by atoms with Crippen LogP contribution in [0.3, 0.4) is 0 Å². The lowest BCUT2D eigenvalue weighted by atomic mass is 10.2. The summed E-state index contributed by atoms with van der Waals surface area (Å²) < 4.78 is 13.6. The molecule has 1 amide bonds. The Kier molecular flexibility index (Phi) is 4.69. The van der Waals surface area contributed by atoms with Crippen molar-refractivity contribution in [3.8, 4) is 0 Å². The number of nitro benzene ring substituents is 1. The van der Waals surface area contributed by atoms with E-state index in [1.54, 1.807) is 0 Å². The number of amides is 1. The van der Waals surface area contributed by atoms with Crippen LogP contribution in [0.2, 0.25) is 0 Å². The first kappa shape index (κ1) is 15.6. The summed E-state index contributed by atoms with van der Waals surface area (Å²) >= 11 is 6.17. The van der Waals surface area contributed by atoms with Gasteiger partial charge >= 0.3 is 0 Å². The number of nitro groups is 1. The van der Waals surface area contributed by atoms with Crippen LogP contribution in [0.25, 0.3) is 0 Å². The number of hydrogen-bond acceptors (Lipinski definition) is 3. The Labute approximate surface area is 135 Å². The maximum Gasteiger partial charge on any atom is 0.284 e. The second kappa shape index (κ2) is 6.31. The Morgan fingerprint density at radius 2 is 1.86 bits per heavy atom. The molecular formula is C13H7Br2FN2O3. The van der Waals surface area contributed by atoms with Crippen LogP contribution in [0.5, 0.6) is 0 Å². The van der Waals surface area contributed by atoms with Crippen molar-refractivity contribution < 1.29 is 14.1 Å². The second-order valence-corrected chi connectivity index (χ2v) is 5.71. The number of benzene rings is 2. The van der Waals surface area contributed by atoms with E-state index >= 15 is 0 Å². The van der Waals surface area contributed by atoms with E-state index in [1.807, 2.05) is 0 Å². The zero-order valence-electron chi connectivity index (χ0n) is 10.3. The van der Waals surface area contributed by atoms with Gasteiger partial charge in [-0.3, -0.25) is 14.9 Å². The molecule has 0 heterocycles. The van der Waals surface area contributed by atoms with E-state index < -0.39 is 16.6 Å². The molecule has 21 heavy (non-hydrogen) atoms. The van der Waals surface area contributed by atoms with E-state index in [9.17, 15) is 19.3 Å². The molecule has 0 radical (unpaired) electrons. The molecular weight excluding hydrogens is 411 g/mol. The summed E-state index contributed by atoms with van der Waals surface area (Å²) in [7, 11) is 0. The molecule has 1 N–H and O–H groups in total. The smallest absolute Gasteiger partial charge is 0.284 e. The van der Waals surface area contributed by atoms with Crippen molar-refractivity contribution in [2.24, 2.45) is 0 Å². The van der Waals surface area contributed by atoms with Gasteiger partial charge in [0.05, 0.1) is 15.1 Å². The zero-order valence-corrected chi connectivity index (χ0v) is 13.4. The highest BCUT2D eigenvalue weighted by Crippen LogP contribution is 2.27. The van der Waals surface area contributed by atoms with Crippen molar-refractivity contribution in [1.29, 1.82) is 0 Å². The highest BCUT2D eigenvalue weighted by molar-refractivity contribution is 9.11. The van der Waals surface area contributed by atoms with Gasteiger partial charge in [-0.05, 0) is 62.2 Å². The number of rotatable bonds is 3. The molecule has 0 atom stereocenters. The maximum absolute atomic E-state index is 13.0. The molecule has 2 rings (SSSR count). The van der Waals surface area contributed by atoms with Crippen LogP contribution in [0.15, 0.2) is 45.3 Å². The van der Waals surface area contributed by atoms with Crippen molar-refractivity contribution >= 4 is 49.1 Å². The quantitative estimate of drug-likeness (QED) is 0.589. The molecule has 108 valence electrons. The summed E-state index contributed by atoms with van der Waals surface area (Å²) in [4.78, 5) is 22.3. The van der Waals surface area contributed by atoms with Gasteiger partial charge in [-0.1, -0.05) is 0 Å². The maximum atomic E-state index is 13.0. The molecule has 2 aromatic rings. The van der Waals surface area contributed by atoms with Gasteiger partial charge in [0.1, 0.15) is 5.82 Å². The molecule has 2 aromatic carbocycles. The van der Waals surface area contributed by atoms with Gasteiger partial charge in [0.25, 0.3) is 11.6 Å². The third kappa shape index (κ3) is 3.64. The van der Waals surface area contributed by atoms with E-state index in [1.165, 1.54) is 30.3 Å². The molecule has 0 aliphatic rings. The number of hydrogen-bond donors (Lipinski definition) is 1. The summed E-state index contributed by atoms with van der Waals surface area (Å²) in [5.41, 5.74) is 0.286. The third-order valence-electron chi connectivity index (χ3n) is 2.58. The van der Waals surface area contributed by atoms with Gasteiger partial charge < -0.3 is 5.32 Å². The minimum atomic E-state index is -0.589. The molecule has 0 unspecified atom stereocenters. The molecule has 0 spiro atoms. The van der Waals surface area contributed by atoms with E-state index in [4.69, 9.17) is 0 Å². The standard InChI is InChI=1S/C13H7Br2FN2O3/c14-9-3-1-7(5-12(9)18(20)21)13(19)17-11-4-2-8(16)6-10(11)15/h1-6H,(H,17,19). The fourth-order valence-corrected chi connectivity index (χ4v) is 2.42. The topological polar surface area (TPSA) is 72.2 Å². The second-order valence-electron chi connectivity index (χ2n) is 4.00. The fraction of sp³-hybridized carbons (Fsp3) is 0. The highest BCUT2D eigenvalue weighted by Gasteiger charge is 2.16. The Hall–Kier alpha value is -1.80. The zero-order chi connectivity index (χ0) is 15.6. The fourth-order valence-electron chi connectivity index (χ4n) is 1.58. The molecule has 0 aliphatic heterocycles. The Morgan fingerprint density at radius 3 is 2.48 bits per heavy atom. The van der Waals surface area contributed by atoms with Crippen LogP contribution < -0.4 is 5.32 Å². The number of nitrogens with zero attached hydrogens (tertiary/aromatic N) is 1. The van der Waals surface area contributed by atoms with Crippen LogP contribution in [-0.4, -0.2) is 10.8 Å². The third-order valence-corrected chi connectivity index (χ3v) is 3.91. The van der Waals surface area contributed by atoms with Crippen molar-refractivity contribution in [3.05, 3.63) is 66.8 Å². The van der Waals surface area contributed by atoms with Crippen LogP contribution >= 0.6 is 31.9 Å². The lowest BCUT2D eigenvalue weighted by molar-refractivity contribution is -0.385. The first-order valence-corrected chi connectivity index (χ1v) is 7.17. The molecule has 0 aromatic heterocycles. The average molecular weight is 418 g/mol. The van der Waals surface area contributed by atoms with Crippen molar-refractivity contribution in [1.82, 2.24) is 0 Å². The summed E-state index contributed by atoms with van der Waals surface area (Å²) in [6, 6.07) is 7.84. The number of anilines is 1. The number of halogens is 3. The first-order chi connectivity index (χ1) is 9.88. The predicted octanol–water partition coefficient (Wildman–Crippen LogP) is 4.51. The molecule has 0 fully saturated rings. The van der Waals surface area contributed by atoms with E-state index in [0.29, 0.717) is 10.2 Å². The van der Waals surface area contributed by atoms with Crippen LogP contribution in [0, 0.1) is 15.9 Å². The predicted molar refractivity (Wildman–Crippen MR) is 82.8 cm³/mol. The van der Waals surface area contributed by atoms with Crippen LogP contribution in [0.1, 0.15) is 10.4 Å². The molecule has 5 nitrogen and oxygen atoms in total. The number of nitrogens with one attached hydrogen (secondary N) is 1. The van der Waals surface area contributed by atoms with Gasteiger partial charge in [-0.2, -0.15) is 0 Å². The SMILES string of the molecule is O=C(Nc1ccc(F)cc1Br)c1ccc(Br)c([N+](=O)[O-])c1. The van der Waals surface area contributed by atoms with Gasteiger partial charge in [0, 0.05) is 16.1 Å². The largest absolute Gasteiger partial charge is 0.321 e. The summed E-state index contributed by atoms with van der Waals surface area (Å²) in [6.45, 7) is 0. The molecule has 0 saturated heterocycles. The Morgan fingerprint density at radius 1 is 1.14 bits per heavy atom. The van der Waals surface area contributed by atoms with Gasteiger partial charge in [-0.15, -0.1) is 0 Å². The van der Waals surface area contributed by atoms with Crippen LogP contribution in [0.4, 0.5) is 15.8 Å². The minimum Gasteiger partial charge on any atom is -0.321 e. The molecule has 0 aliphatic carbocycles. The van der Waals surface area contributed by atoms with Crippen molar-refractivity contribution in [3.63, 3.8) is 0 Å².